The normalized spacial score (nSPS) is 19.3. The molecular weight excluding hydrogens is 255 g/mol. The number of carbonyl (C=O) groups excluding carboxylic acids is 1. The van der Waals surface area contributed by atoms with Crippen molar-refractivity contribution in [3.05, 3.63) is 34.6 Å². The molecule has 0 radical (unpaired) electrons. The van der Waals surface area contributed by atoms with E-state index in [4.69, 9.17) is 11.6 Å². The van der Waals surface area contributed by atoms with Gasteiger partial charge in [-0.1, -0.05) is 11.6 Å². The van der Waals surface area contributed by atoms with E-state index in [9.17, 15) is 9.18 Å². The van der Waals surface area contributed by atoms with Gasteiger partial charge >= 0.3 is 0 Å². The lowest BCUT2D eigenvalue weighted by Gasteiger charge is -2.24. The average molecular weight is 271 g/mol. The van der Waals surface area contributed by atoms with E-state index < -0.39 is 5.82 Å². The van der Waals surface area contributed by atoms with Crippen LogP contribution in [-0.2, 0) is 0 Å². The Bertz CT molecular complexity index is 453. The molecule has 98 valence electrons. The van der Waals surface area contributed by atoms with Gasteiger partial charge in [0.25, 0.3) is 5.91 Å². The van der Waals surface area contributed by atoms with Crippen LogP contribution in [0, 0.1) is 5.82 Å². The Balaban J connectivity index is 2.22. The molecule has 1 aliphatic rings. The summed E-state index contributed by atoms with van der Waals surface area (Å²) in [5.74, 6) is -0.785. The van der Waals surface area contributed by atoms with Gasteiger partial charge in [0.2, 0.25) is 0 Å². The van der Waals surface area contributed by atoms with Crippen molar-refractivity contribution in [2.45, 2.75) is 18.9 Å². The molecule has 1 amide bonds. The van der Waals surface area contributed by atoms with Gasteiger partial charge in [0.15, 0.2) is 0 Å². The Labute approximate surface area is 111 Å². The second-order valence-electron chi connectivity index (χ2n) is 4.48. The fraction of sp³-hybridized carbons (Fsp3) is 0.462. The Hall–Kier alpha value is -1.13. The SMILES string of the molecule is CNCC1CCCN1C(=O)c1cc(Cl)ccc1F. The summed E-state index contributed by atoms with van der Waals surface area (Å²) in [6.45, 7) is 1.41. The minimum absolute atomic E-state index is 0.0607. The molecule has 5 heteroatoms. The maximum Gasteiger partial charge on any atom is 0.257 e. The number of likely N-dealkylation sites (N-methyl/N-ethyl adjacent to an activating group) is 1. The molecule has 0 aliphatic carbocycles. The number of nitrogens with zero attached hydrogens (tertiary/aromatic N) is 1. The number of rotatable bonds is 3. The first-order valence-corrected chi connectivity index (χ1v) is 6.42. The quantitative estimate of drug-likeness (QED) is 0.914. The third kappa shape index (κ3) is 2.65. The Morgan fingerprint density at radius 3 is 3.11 bits per heavy atom. The van der Waals surface area contributed by atoms with Crippen molar-refractivity contribution >= 4 is 17.5 Å². The molecular formula is C13H16ClFN2O. The Kier molecular flexibility index (Phi) is 4.19. The Morgan fingerprint density at radius 1 is 1.61 bits per heavy atom. The molecule has 1 unspecified atom stereocenters. The van der Waals surface area contributed by atoms with Gasteiger partial charge in [-0.05, 0) is 38.1 Å². The first kappa shape index (κ1) is 13.3. The maximum atomic E-state index is 13.7. The molecule has 1 atom stereocenters. The highest BCUT2D eigenvalue weighted by Gasteiger charge is 2.30. The summed E-state index contributed by atoms with van der Waals surface area (Å²) in [5.41, 5.74) is 0.0607. The molecule has 1 fully saturated rings. The molecule has 0 saturated carbocycles. The average Bonchev–Trinajstić information content (AvgIpc) is 2.80. The first-order valence-electron chi connectivity index (χ1n) is 6.04. The van der Waals surface area contributed by atoms with Crippen molar-refractivity contribution in [2.75, 3.05) is 20.1 Å². The monoisotopic (exact) mass is 270 g/mol. The summed E-state index contributed by atoms with van der Waals surface area (Å²) in [5, 5.41) is 3.44. The van der Waals surface area contributed by atoms with Crippen molar-refractivity contribution < 1.29 is 9.18 Å². The van der Waals surface area contributed by atoms with Crippen LogP contribution < -0.4 is 5.32 Å². The molecule has 2 rings (SSSR count). The summed E-state index contributed by atoms with van der Waals surface area (Å²) >= 11 is 5.82. The van der Waals surface area contributed by atoms with Gasteiger partial charge < -0.3 is 10.2 Å². The predicted molar refractivity (Wildman–Crippen MR) is 69.4 cm³/mol. The molecule has 0 spiro atoms. The highest BCUT2D eigenvalue weighted by atomic mass is 35.5. The number of likely N-dealkylation sites (tertiary alicyclic amines) is 1. The van der Waals surface area contributed by atoms with Crippen LogP contribution in [0.2, 0.25) is 5.02 Å². The van der Waals surface area contributed by atoms with Crippen molar-refractivity contribution in [3.63, 3.8) is 0 Å². The van der Waals surface area contributed by atoms with Crippen LogP contribution in [-0.4, -0.2) is 37.0 Å². The lowest BCUT2D eigenvalue weighted by Crippen LogP contribution is -2.41. The van der Waals surface area contributed by atoms with E-state index in [1.54, 1.807) is 4.90 Å². The molecule has 0 aromatic heterocycles. The van der Waals surface area contributed by atoms with E-state index >= 15 is 0 Å². The van der Waals surface area contributed by atoms with Gasteiger partial charge in [-0.2, -0.15) is 0 Å². The number of carbonyl (C=O) groups is 1. The second-order valence-corrected chi connectivity index (χ2v) is 4.91. The van der Waals surface area contributed by atoms with Crippen LogP contribution >= 0.6 is 11.6 Å². The first-order chi connectivity index (χ1) is 8.63. The zero-order chi connectivity index (χ0) is 13.1. The minimum atomic E-state index is -0.514. The third-order valence-electron chi connectivity index (χ3n) is 3.24. The lowest BCUT2D eigenvalue weighted by molar-refractivity contribution is 0.0732. The molecule has 1 saturated heterocycles. The molecule has 3 nitrogen and oxygen atoms in total. The summed E-state index contributed by atoms with van der Waals surface area (Å²) in [4.78, 5) is 14.0. The van der Waals surface area contributed by atoms with Gasteiger partial charge in [-0.25, -0.2) is 4.39 Å². The minimum Gasteiger partial charge on any atom is -0.334 e. The third-order valence-corrected chi connectivity index (χ3v) is 3.47. The second kappa shape index (κ2) is 5.67. The maximum absolute atomic E-state index is 13.7. The largest absolute Gasteiger partial charge is 0.334 e. The van der Waals surface area contributed by atoms with Gasteiger partial charge in [0.05, 0.1) is 5.56 Å². The number of halogens is 2. The number of hydrogen-bond donors (Lipinski definition) is 1. The summed E-state index contributed by atoms with van der Waals surface area (Å²) in [6, 6.07) is 4.22. The van der Waals surface area contributed by atoms with Crippen molar-refractivity contribution in [1.29, 1.82) is 0 Å². The van der Waals surface area contributed by atoms with E-state index in [0.29, 0.717) is 11.6 Å². The van der Waals surface area contributed by atoms with Gasteiger partial charge in [0.1, 0.15) is 5.82 Å². The van der Waals surface area contributed by atoms with E-state index in [-0.39, 0.29) is 17.5 Å². The summed E-state index contributed by atoms with van der Waals surface area (Å²) < 4.78 is 13.7. The summed E-state index contributed by atoms with van der Waals surface area (Å²) in [7, 11) is 1.85. The zero-order valence-electron chi connectivity index (χ0n) is 10.2. The van der Waals surface area contributed by atoms with E-state index in [0.717, 1.165) is 19.4 Å². The van der Waals surface area contributed by atoms with Crippen LogP contribution in [0.4, 0.5) is 4.39 Å². The number of nitrogens with one attached hydrogen (secondary N) is 1. The molecule has 0 bridgehead atoms. The van der Waals surface area contributed by atoms with E-state index in [1.807, 2.05) is 7.05 Å². The Morgan fingerprint density at radius 2 is 2.39 bits per heavy atom. The number of hydrogen-bond acceptors (Lipinski definition) is 2. The van der Waals surface area contributed by atoms with Gasteiger partial charge in [-0.15, -0.1) is 0 Å². The standard InChI is InChI=1S/C13H16ClFN2O/c1-16-8-10-3-2-6-17(10)13(18)11-7-9(14)4-5-12(11)15/h4-5,7,10,16H,2-3,6,8H2,1H3. The topological polar surface area (TPSA) is 32.3 Å². The highest BCUT2D eigenvalue weighted by Crippen LogP contribution is 2.22. The van der Waals surface area contributed by atoms with Crippen LogP contribution in [0.1, 0.15) is 23.2 Å². The van der Waals surface area contributed by atoms with Gasteiger partial charge in [0, 0.05) is 24.2 Å². The molecule has 1 heterocycles. The van der Waals surface area contributed by atoms with Crippen LogP contribution in [0.5, 0.6) is 0 Å². The number of benzene rings is 1. The predicted octanol–water partition coefficient (Wildman–Crippen LogP) is 2.30. The van der Waals surface area contributed by atoms with Crippen molar-refractivity contribution in [1.82, 2.24) is 10.2 Å². The van der Waals surface area contributed by atoms with Crippen LogP contribution in [0.3, 0.4) is 0 Å². The lowest BCUT2D eigenvalue weighted by atomic mass is 10.1. The van der Waals surface area contributed by atoms with Crippen molar-refractivity contribution in [2.24, 2.45) is 0 Å². The molecule has 1 aromatic rings. The van der Waals surface area contributed by atoms with Crippen LogP contribution in [0.25, 0.3) is 0 Å². The van der Waals surface area contributed by atoms with Crippen LogP contribution in [0.15, 0.2) is 18.2 Å². The highest BCUT2D eigenvalue weighted by molar-refractivity contribution is 6.31. The number of amides is 1. The molecule has 1 aromatic carbocycles. The molecule has 1 aliphatic heterocycles. The molecule has 1 N–H and O–H groups in total. The summed E-state index contributed by atoms with van der Waals surface area (Å²) in [6.07, 6.45) is 1.91. The van der Waals surface area contributed by atoms with Crippen molar-refractivity contribution in [3.8, 4) is 0 Å². The molecule has 18 heavy (non-hydrogen) atoms. The van der Waals surface area contributed by atoms with E-state index in [1.165, 1.54) is 18.2 Å². The smallest absolute Gasteiger partial charge is 0.257 e. The fourth-order valence-corrected chi connectivity index (χ4v) is 2.54. The fourth-order valence-electron chi connectivity index (χ4n) is 2.37. The van der Waals surface area contributed by atoms with E-state index in [2.05, 4.69) is 5.32 Å². The van der Waals surface area contributed by atoms with Gasteiger partial charge in [-0.3, -0.25) is 4.79 Å². The zero-order valence-corrected chi connectivity index (χ0v) is 11.0.